The van der Waals surface area contributed by atoms with Gasteiger partial charge in [-0.05, 0) is 28.1 Å². The highest BCUT2D eigenvalue weighted by Gasteiger charge is 2.02. The summed E-state index contributed by atoms with van der Waals surface area (Å²) in [4.78, 5) is 4.20. The maximum Gasteiger partial charge on any atom is 0.131 e. The Kier molecular flexibility index (Phi) is 3.54. The normalized spacial score (nSPS) is 11.5. The molecular weight excluding hydrogens is 283 g/mol. The molecule has 4 heteroatoms. The first-order valence-electron chi connectivity index (χ1n) is 5.01. The molecule has 0 bridgehead atoms. The van der Waals surface area contributed by atoms with E-state index in [-0.39, 0.29) is 5.82 Å². The van der Waals surface area contributed by atoms with Gasteiger partial charge in [-0.25, -0.2) is 9.38 Å². The molecule has 0 saturated heterocycles. The van der Waals surface area contributed by atoms with E-state index in [1.165, 1.54) is 12.1 Å². The van der Waals surface area contributed by atoms with E-state index in [0.29, 0.717) is 16.0 Å². The maximum atomic E-state index is 13.1. The van der Waals surface area contributed by atoms with Crippen molar-refractivity contribution >= 4 is 27.5 Å². The summed E-state index contributed by atoms with van der Waals surface area (Å²) in [6.07, 6.45) is 0. The number of benzene rings is 2. The molecule has 2 aromatic rings. The number of aliphatic imine (C=N–C) groups is 1. The lowest BCUT2D eigenvalue weighted by Gasteiger charge is -2.02. The van der Waals surface area contributed by atoms with Crippen LogP contribution in [0.25, 0.3) is 0 Å². The van der Waals surface area contributed by atoms with E-state index in [9.17, 15) is 4.39 Å². The first kappa shape index (κ1) is 11.8. The molecule has 0 unspecified atom stereocenters. The molecule has 0 saturated carbocycles. The highest BCUT2D eigenvalue weighted by Crippen LogP contribution is 2.26. The van der Waals surface area contributed by atoms with Crippen LogP contribution < -0.4 is 5.73 Å². The van der Waals surface area contributed by atoms with Gasteiger partial charge in [0.25, 0.3) is 0 Å². The minimum absolute atomic E-state index is 0.340. The monoisotopic (exact) mass is 292 g/mol. The molecule has 0 aliphatic heterocycles. The van der Waals surface area contributed by atoms with Gasteiger partial charge in [0.1, 0.15) is 11.7 Å². The summed E-state index contributed by atoms with van der Waals surface area (Å²) >= 11 is 3.30. The van der Waals surface area contributed by atoms with Gasteiger partial charge in [-0.2, -0.15) is 0 Å². The van der Waals surface area contributed by atoms with Crippen LogP contribution in [0.4, 0.5) is 10.1 Å². The zero-order valence-corrected chi connectivity index (χ0v) is 10.5. The molecule has 0 amide bonds. The summed E-state index contributed by atoms with van der Waals surface area (Å²) in [5.74, 6) is 0.0183. The lowest BCUT2D eigenvalue weighted by Crippen LogP contribution is -2.12. The van der Waals surface area contributed by atoms with E-state index >= 15 is 0 Å². The molecule has 2 nitrogen and oxygen atoms in total. The highest BCUT2D eigenvalue weighted by atomic mass is 79.9. The Morgan fingerprint density at radius 1 is 1.12 bits per heavy atom. The van der Waals surface area contributed by atoms with Crippen LogP contribution in [-0.4, -0.2) is 5.84 Å². The third kappa shape index (κ3) is 2.91. The van der Waals surface area contributed by atoms with Crippen LogP contribution >= 0.6 is 15.9 Å². The standard InChI is InChI=1S/C13H10BrFN2/c14-11-7-6-10(15)8-12(11)17-13(16)9-4-2-1-3-5-9/h1-8H,(H2,16,17). The average Bonchev–Trinajstić information content (AvgIpc) is 2.35. The number of hydrogen-bond donors (Lipinski definition) is 1. The number of nitrogens with two attached hydrogens (primary N) is 1. The summed E-state index contributed by atoms with van der Waals surface area (Å²) < 4.78 is 13.8. The lowest BCUT2D eigenvalue weighted by atomic mass is 10.2. The van der Waals surface area contributed by atoms with E-state index in [4.69, 9.17) is 5.73 Å². The van der Waals surface area contributed by atoms with Crippen LogP contribution in [0.15, 0.2) is 58.0 Å². The summed E-state index contributed by atoms with van der Waals surface area (Å²) in [5, 5.41) is 0. The predicted molar refractivity (Wildman–Crippen MR) is 70.9 cm³/mol. The largest absolute Gasteiger partial charge is 0.383 e. The molecule has 0 aromatic heterocycles. The second-order valence-corrected chi connectivity index (χ2v) is 4.31. The number of nitrogens with zero attached hydrogens (tertiary/aromatic N) is 1. The Bertz CT molecular complexity index is 553. The molecule has 2 N–H and O–H groups in total. The summed E-state index contributed by atoms with van der Waals surface area (Å²) in [7, 11) is 0. The number of halogens is 2. The van der Waals surface area contributed by atoms with Gasteiger partial charge in [0.2, 0.25) is 0 Å². The minimum atomic E-state index is -0.340. The maximum absolute atomic E-state index is 13.1. The highest BCUT2D eigenvalue weighted by molar-refractivity contribution is 9.10. The number of hydrogen-bond acceptors (Lipinski definition) is 1. The SMILES string of the molecule is NC(=Nc1cc(F)ccc1Br)c1ccccc1. The third-order valence-corrected chi connectivity index (χ3v) is 2.89. The van der Waals surface area contributed by atoms with Crippen LogP contribution in [0.2, 0.25) is 0 Å². The molecule has 17 heavy (non-hydrogen) atoms. The van der Waals surface area contributed by atoms with Gasteiger partial charge in [-0.15, -0.1) is 0 Å². The molecule has 0 fully saturated rings. The quantitative estimate of drug-likeness (QED) is 0.666. The summed E-state index contributed by atoms with van der Waals surface area (Å²) in [5.41, 5.74) is 7.14. The van der Waals surface area contributed by atoms with Gasteiger partial charge in [-0.3, -0.25) is 0 Å². The van der Waals surface area contributed by atoms with Crippen LogP contribution in [0, 0.1) is 5.82 Å². The van der Waals surface area contributed by atoms with Gasteiger partial charge in [-0.1, -0.05) is 30.3 Å². The lowest BCUT2D eigenvalue weighted by molar-refractivity contribution is 0.628. The van der Waals surface area contributed by atoms with Crippen molar-refractivity contribution in [3.05, 3.63) is 64.4 Å². The van der Waals surface area contributed by atoms with Crippen LogP contribution in [-0.2, 0) is 0 Å². The van der Waals surface area contributed by atoms with E-state index in [1.54, 1.807) is 6.07 Å². The summed E-state index contributed by atoms with van der Waals surface area (Å²) in [6.45, 7) is 0. The van der Waals surface area contributed by atoms with Gasteiger partial charge in [0.15, 0.2) is 0 Å². The van der Waals surface area contributed by atoms with Crippen molar-refractivity contribution in [3.63, 3.8) is 0 Å². The molecule has 86 valence electrons. The zero-order valence-electron chi connectivity index (χ0n) is 8.90. The molecule has 0 heterocycles. The Morgan fingerprint density at radius 2 is 1.82 bits per heavy atom. The van der Waals surface area contributed by atoms with Crippen LogP contribution in [0.1, 0.15) is 5.56 Å². The molecule has 0 aliphatic carbocycles. The van der Waals surface area contributed by atoms with Crippen molar-refractivity contribution in [2.75, 3.05) is 0 Å². The Morgan fingerprint density at radius 3 is 2.53 bits per heavy atom. The predicted octanol–water partition coefficient (Wildman–Crippen LogP) is 3.63. The van der Waals surface area contributed by atoms with Crippen LogP contribution in [0.5, 0.6) is 0 Å². The smallest absolute Gasteiger partial charge is 0.131 e. The van der Waals surface area contributed by atoms with Crippen molar-refractivity contribution in [1.29, 1.82) is 0 Å². The third-order valence-electron chi connectivity index (χ3n) is 2.22. The van der Waals surface area contributed by atoms with Crippen molar-refractivity contribution in [3.8, 4) is 0 Å². The van der Waals surface area contributed by atoms with Gasteiger partial charge in [0, 0.05) is 16.1 Å². The van der Waals surface area contributed by atoms with Gasteiger partial charge < -0.3 is 5.73 Å². The van der Waals surface area contributed by atoms with Crippen molar-refractivity contribution in [2.24, 2.45) is 10.7 Å². The van der Waals surface area contributed by atoms with Gasteiger partial charge in [0.05, 0.1) is 5.69 Å². The van der Waals surface area contributed by atoms with Crippen molar-refractivity contribution in [1.82, 2.24) is 0 Å². The molecule has 0 aliphatic rings. The Labute approximate surface area is 107 Å². The van der Waals surface area contributed by atoms with E-state index in [2.05, 4.69) is 20.9 Å². The summed E-state index contributed by atoms with van der Waals surface area (Å²) in [6, 6.07) is 13.7. The Hall–Kier alpha value is -1.68. The molecule has 2 rings (SSSR count). The van der Waals surface area contributed by atoms with E-state index in [1.807, 2.05) is 30.3 Å². The first-order valence-corrected chi connectivity index (χ1v) is 5.81. The fourth-order valence-corrected chi connectivity index (χ4v) is 1.71. The zero-order chi connectivity index (χ0) is 12.3. The van der Waals surface area contributed by atoms with E-state index < -0.39 is 0 Å². The molecule has 0 atom stereocenters. The second kappa shape index (κ2) is 5.10. The van der Waals surface area contributed by atoms with Gasteiger partial charge >= 0.3 is 0 Å². The molecular formula is C13H10BrFN2. The molecule has 0 radical (unpaired) electrons. The van der Waals surface area contributed by atoms with E-state index in [0.717, 1.165) is 5.56 Å². The van der Waals surface area contributed by atoms with Crippen LogP contribution in [0.3, 0.4) is 0 Å². The Balaban J connectivity index is 2.39. The first-order chi connectivity index (χ1) is 8.16. The van der Waals surface area contributed by atoms with Crippen molar-refractivity contribution < 1.29 is 4.39 Å². The second-order valence-electron chi connectivity index (χ2n) is 3.46. The fourth-order valence-electron chi connectivity index (χ4n) is 1.37. The minimum Gasteiger partial charge on any atom is -0.383 e. The number of amidine groups is 1. The number of rotatable bonds is 2. The molecule has 2 aromatic carbocycles. The van der Waals surface area contributed by atoms with Crippen molar-refractivity contribution in [2.45, 2.75) is 0 Å². The topological polar surface area (TPSA) is 38.4 Å². The molecule has 0 spiro atoms. The fraction of sp³-hybridized carbons (Fsp3) is 0. The average molecular weight is 293 g/mol.